The zero-order valence-electron chi connectivity index (χ0n) is 9.05. The van der Waals surface area contributed by atoms with E-state index in [4.69, 9.17) is 0 Å². The molecule has 0 radical (unpaired) electrons. The zero-order chi connectivity index (χ0) is 10.4. The Morgan fingerprint density at radius 2 is 2.43 bits per heavy atom. The molecular weight excluding hydrogens is 176 g/mol. The smallest absolute Gasteiger partial charge is 0.237 e. The molecule has 1 saturated heterocycles. The van der Waals surface area contributed by atoms with Gasteiger partial charge in [-0.25, -0.2) is 0 Å². The van der Waals surface area contributed by atoms with Gasteiger partial charge in [-0.2, -0.15) is 0 Å². The van der Waals surface area contributed by atoms with Crippen molar-refractivity contribution in [1.82, 2.24) is 10.6 Å². The molecule has 0 unspecified atom stereocenters. The van der Waals surface area contributed by atoms with Gasteiger partial charge in [0, 0.05) is 6.54 Å². The molecule has 0 aromatic carbocycles. The molecule has 1 fully saturated rings. The van der Waals surface area contributed by atoms with Gasteiger partial charge in [0.15, 0.2) is 0 Å². The minimum atomic E-state index is 0.0439. The summed E-state index contributed by atoms with van der Waals surface area (Å²) in [6, 6.07) is 0.0439. The number of carbonyl (C=O) groups excluding carboxylic acids is 1. The van der Waals surface area contributed by atoms with Gasteiger partial charge in [0.2, 0.25) is 5.91 Å². The highest BCUT2D eigenvalue weighted by molar-refractivity contribution is 5.82. The van der Waals surface area contributed by atoms with E-state index in [0.29, 0.717) is 12.5 Å². The van der Waals surface area contributed by atoms with Crippen molar-refractivity contribution in [3.05, 3.63) is 12.2 Å². The molecule has 1 aliphatic rings. The van der Waals surface area contributed by atoms with E-state index in [1.807, 2.05) is 6.08 Å². The van der Waals surface area contributed by atoms with Crippen LogP contribution in [0.5, 0.6) is 0 Å². The summed E-state index contributed by atoms with van der Waals surface area (Å²) in [4.78, 5) is 11.5. The summed E-state index contributed by atoms with van der Waals surface area (Å²) in [6.45, 7) is 5.86. The van der Waals surface area contributed by atoms with Gasteiger partial charge in [-0.3, -0.25) is 4.79 Å². The summed E-state index contributed by atoms with van der Waals surface area (Å²) in [5.41, 5.74) is 0. The average molecular weight is 196 g/mol. The maximum atomic E-state index is 11.5. The van der Waals surface area contributed by atoms with Gasteiger partial charge < -0.3 is 10.6 Å². The van der Waals surface area contributed by atoms with Crippen molar-refractivity contribution in [3.8, 4) is 0 Å². The summed E-state index contributed by atoms with van der Waals surface area (Å²) in [7, 11) is 0. The van der Waals surface area contributed by atoms with Gasteiger partial charge >= 0.3 is 0 Å². The van der Waals surface area contributed by atoms with Crippen LogP contribution < -0.4 is 10.6 Å². The van der Waals surface area contributed by atoms with Crippen molar-refractivity contribution < 1.29 is 4.79 Å². The van der Waals surface area contributed by atoms with Gasteiger partial charge in [-0.05, 0) is 25.3 Å². The minimum absolute atomic E-state index is 0.0439. The molecule has 0 aliphatic carbocycles. The Hall–Kier alpha value is -0.830. The molecule has 1 aliphatic heterocycles. The molecule has 1 amide bonds. The Morgan fingerprint density at radius 1 is 1.64 bits per heavy atom. The predicted molar refractivity (Wildman–Crippen MR) is 58.0 cm³/mol. The van der Waals surface area contributed by atoms with Gasteiger partial charge in [-0.1, -0.05) is 26.0 Å². The molecular formula is C11H20N2O. The van der Waals surface area contributed by atoms with Crippen molar-refractivity contribution in [2.24, 2.45) is 5.92 Å². The molecule has 14 heavy (non-hydrogen) atoms. The first-order valence-electron chi connectivity index (χ1n) is 5.38. The van der Waals surface area contributed by atoms with Crippen LogP contribution in [0, 0.1) is 5.92 Å². The predicted octanol–water partition coefficient (Wildman–Crippen LogP) is 1.07. The fourth-order valence-corrected chi connectivity index (χ4v) is 1.53. The van der Waals surface area contributed by atoms with E-state index in [0.717, 1.165) is 19.4 Å². The highest BCUT2D eigenvalue weighted by Gasteiger charge is 2.20. The molecule has 0 bridgehead atoms. The second kappa shape index (κ2) is 5.81. The first kappa shape index (κ1) is 11.2. The third-order valence-corrected chi connectivity index (χ3v) is 2.29. The molecule has 2 N–H and O–H groups in total. The van der Waals surface area contributed by atoms with Crippen LogP contribution in [0.4, 0.5) is 0 Å². The summed E-state index contributed by atoms with van der Waals surface area (Å²) < 4.78 is 0. The summed E-state index contributed by atoms with van der Waals surface area (Å²) in [5, 5.41) is 6.06. The topological polar surface area (TPSA) is 41.1 Å². The van der Waals surface area contributed by atoms with Crippen LogP contribution >= 0.6 is 0 Å². The lowest BCUT2D eigenvalue weighted by Crippen LogP contribution is -2.40. The van der Waals surface area contributed by atoms with Gasteiger partial charge in [0.05, 0.1) is 6.04 Å². The second-order valence-corrected chi connectivity index (χ2v) is 4.07. The highest BCUT2D eigenvalue weighted by atomic mass is 16.2. The standard InChI is InChI=1S/C11H20N2O/c1-9(2)5-3-8-13-11(14)10-6-4-7-12-10/h3,5,9-10,12H,4,6-8H2,1-2H3,(H,13,14)/b5-3+/t10-/m0/s1. The Kier molecular flexibility index (Phi) is 4.66. The van der Waals surface area contributed by atoms with E-state index in [1.54, 1.807) is 0 Å². The largest absolute Gasteiger partial charge is 0.351 e. The molecule has 0 aromatic heterocycles. The van der Waals surface area contributed by atoms with Crippen LogP contribution in [-0.4, -0.2) is 25.0 Å². The van der Waals surface area contributed by atoms with Crippen LogP contribution in [0.3, 0.4) is 0 Å². The number of allylic oxidation sites excluding steroid dienone is 1. The number of carbonyl (C=O) groups is 1. The van der Waals surface area contributed by atoms with Crippen molar-refractivity contribution in [3.63, 3.8) is 0 Å². The van der Waals surface area contributed by atoms with E-state index < -0.39 is 0 Å². The summed E-state index contributed by atoms with van der Waals surface area (Å²) in [6.07, 6.45) is 6.19. The molecule has 1 rings (SSSR count). The Bertz CT molecular complexity index is 205. The number of rotatable bonds is 4. The average Bonchev–Trinajstić information content (AvgIpc) is 2.64. The summed E-state index contributed by atoms with van der Waals surface area (Å²) in [5.74, 6) is 0.687. The number of hydrogen-bond acceptors (Lipinski definition) is 2. The van der Waals surface area contributed by atoms with Crippen LogP contribution in [-0.2, 0) is 4.79 Å². The third-order valence-electron chi connectivity index (χ3n) is 2.29. The first-order chi connectivity index (χ1) is 6.70. The fraction of sp³-hybridized carbons (Fsp3) is 0.727. The lowest BCUT2D eigenvalue weighted by molar-refractivity contribution is -0.122. The SMILES string of the molecule is CC(C)/C=C/CNC(=O)[C@@H]1CCCN1. The molecule has 80 valence electrons. The minimum Gasteiger partial charge on any atom is -0.351 e. The lowest BCUT2D eigenvalue weighted by Gasteiger charge is -2.09. The van der Waals surface area contributed by atoms with E-state index in [9.17, 15) is 4.79 Å². The number of amides is 1. The molecule has 1 atom stereocenters. The summed E-state index contributed by atoms with van der Waals surface area (Å²) >= 11 is 0. The van der Waals surface area contributed by atoms with Gasteiger partial charge in [-0.15, -0.1) is 0 Å². The van der Waals surface area contributed by atoms with Gasteiger partial charge in [0.25, 0.3) is 0 Å². The molecule has 0 spiro atoms. The Labute approximate surface area is 86.0 Å². The molecule has 0 saturated carbocycles. The fourth-order valence-electron chi connectivity index (χ4n) is 1.53. The maximum Gasteiger partial charge on any atom is 0.237 e. The normalized spacial score (nSPS) is 22.1. The van der Waals surface area contributed by atoms with E-state index in [-0.39, 0.29) is 11.9 Å². The zero-order valence-corrected chi connectivity index (χ0v) is 9.05. The molecule has 1 heterocycles. The van der Waals surface area contributed by atoms with Crippen molar-refractivity contribution in [2.75, 3.05) is 13.1 Å². The Balaban J connectivity index is 2.14. The highest BCUT2D eigenvalue weighted by Crippen LogP contribution is 2.04. The van der Waals surface area contributed by atoms with Crippen molar-refractivity contribution >= 4 is 5.91 Å². The lowest BCUT2D eigenvalue weighted by atomic mass is 10.2. The van der Waals surface area contributed by atoms with E-state index >= 15 is 0 Å². The Morgan fingerprint density at radius 3 is 3.00 bits per heavy atom. The third kappa shape index (κ3) is 3.92. The van der Waals surface area contributed by atoms with Crippen LogP contribution in [0.2, 0.25) is 0 Å². The molecule has 0 aromatic rings. The van der Waals surface area contributed by atoms with Crippen LogP contribution in [0.15, 0.2) is 12.2 Å². The maximum absolute atomic E-state index is 11.5. The molecule has 3 heteroatoms. The van der Waals surface area contributed by atoms with E-state index in [1.165, 1.54) is 0 Å². The van der Waals surface area contributed by atoms with E-state index in [2.05, 4.69) is 30.6 Å². The van der Waals surface area contributed by atoms with Gasteiger partial charge in [0.1, 0.15) is 0 Å². The quantitative estimate of drug-likeness (QED) is 0.660. The number of hydrogen-bond donors (Lipinski definition) is 2. The van der Waals surface area contributed by atoms with Crippen molar-refractivity contribution in [2.45, 2.75) is 32.7 Å². The van der Waals surface area contributed by atoms with Crippen LogP contribution in [0.25, 0.3) is 0 Å². The van der Waals surface area contributed by atoms with Crippen molar-refractivity contribution in [1.29, 1.82) is 0 Å². The second-order valence-electron chi connectivity index (χ2n) is 4.07. The number of nitrogens with one attached hydrogen (secondary N) is 2. The first-order valence-corrected chi connectivity index (χ1v) is 5.38. The van der Waals surface area contributed by atoms with Crippen LogP contribution in [0.1, 0.15) is 26.7 Å². The molecule has 3 nitrogen and oxygen atoms in total. The monoisotopic (exact) mass is 196 g/mol.